The van der Waals surface area contributed by atoms with Crippen LogP contribution in [-0.4, -0.2) is 29.4 Å². The van der Waals surface area contributed by atoms with Gasteiger partial charge in [0.15, 0.2) is 0 Å². The Labute approximate surface area is 113 Å². The number of aromatic nitrogens is 1. The summed E-state index contributed by atoms with van der Waals surface area (Å²) in [5.74, 6) is 0.141. The van der Waals surface area contributed by atoms with E-state index in [0.29, 0.717) is 11.6 Å². The van der Waals surface area contributed by atoms with Gasteiger partial charge in [-0.15, -0.1) is 0 Å². The first-order chi connectivity index (χ1) is 9.01. The van der Waals surface area contributed by atoms with Crippen molar-refractivity contribution in [2.75, 3.05) is 6.61 Å². The second-order valence-electron chi connectivity index (χ2n) is 6.25. The van der Waals surface area contributed by atoms with Crippen molar-refractivity contribution in [3.63, 3.8) is 0 Å². The van der Waals surface area contributed by atoms with Crippen LogP contribution in [0.2, 0.25) is 0 Å². The molecular weight excluding hydrogens is 242 g/mol. The van der Waals surface area contributed by atoms with Gasteiger partial charge in [0.2, 0.25) is 0 Å². The molecule has 2 aliphatic rings. The van der Waals surface area contributed by atoms with Crippen LogP contribution in [0.15, 0.2) is 18.3 Å². The largest absolute Gasteiger partial charge is 0.457 e. The number of rotatable bonds is 2. The standard InChI is InChI=1S/C15H21NO3/c1-15(2)12-10(6-5-9-18-12)13(15)19-14(17)11-7-4-8-16(11)3/h4,7-8,10,12-13H,5-6,9H2,1-3H3. The average molecular weight is 263 g/mol. The van der Waals surface area contributed by atoms with Gasteiger partial charge in [-0.25, -0.2) is 4.79 Å². The highest BCUT2D eigenvalue weighted by atomic mass is 16.6. The second-order valence-corrected chi connectivity index (χ2v) is 6.25. The third kappa shape index (κ3) is 1.89. The molecular formula is C15H21NO3. The molecule has 1 saturated carbocycles. The predicted octanol–water partition coefficient (Wildman–Crippen LogP) is 2.39. The van der Waals surface area contributed by atoms with E-state index in [1.165, 1.54) is 0 Å². The maximum Gasteiger partial charge on any atom is 0.355 e. The topological polar surface area (TPSA) is 40.5 Å². The maximum atomic E-state index is 12.2. The van der Waals surface area contributed by atoms with Crippen LogP contribution < -0.4 is 0 Å². The maximum absolute atomic E-state index is 12.2. The number of hydrogen-bond acceptors (Lipinski definition) is 3. The minimum atomic E-state index is -0.227. The summed E-state index contributed by atoms with van der Waals surface area (Å²) >= 11 is 0. The van der Waals surface area contributed by atoms with Crippen molar-refractivity contribution in [3.05, 3.63) is 24.0 Å². The van der Waals surface area contributed by atoms with Gasteiger partial charge in [0, 0.05) is 31.2 Å². The van der Waals surface area contributed by atoms with Gasteiger partial charge in [-0.05, 0) is 25.0 Å². The minimum Gasteiger partial charge on any atom is -0.457 e. The van der Waals surface area contributed by atoms with E-state index < -0.39 is 0 Å². The Morgan fingerprint density at radius 3 is 3.00 bits per heavy atom. The summed E-state index contributed by atoms with van der Waals surface area (Å²) in [4.78, 5) is 12.2. The van der Waals surface area contributed by atoms with Crippen LogP contribution in [0.1, 0.15) is 37.2 Å². The molecule has 1 aliphatic carbocycles. The van der Waals surface area contributed by atoms with Crippen molar-refractivity contribution in [1.29, 1.82) is 0 Å². The predicted molar refractivity (Wildman–Crippen MR) is 70.9 cm³/mol. The van der Waals surface area contributed by atoms with Crippen molar-refractivity contribution in [2.24, 2.45) is 18.4 Å². The van der Waals surface area contributed by atoms with Crippen LogP contribution in [0.5, 0.6) is 0 Å². The number of aryl methyl sites for hydroxylation is 1. The SMILES string of the molecule is Cn1cccc1C(=O)OC1C2CCCOC2C1(C)C. The molecule has 3 rings (SSSR count). The molecule has 0 spiro atoms. The highest BCUT2D eigenvalue weighted by Gasteiger charge is 2.60. The number of nitrogens with zero attached hydrogens (tertiary/aromatic N) is 1. The van der Waals surface area contributed by atoms with Crippen LogP contribution in [0, 0.1) is 11.3 Å². The number of carbonyl (C=O) groups excluding carboxylic acids is 1. The van der Waals surface area contributed by atoms with Crippen LogP contribution in [0.4, 0.5) is 0 Å². The minimum absolute atomic E-state index is 0.0276. The Kier molecular flexibility index (Phi) is 2.93. The molecule has 0 aromatic carbocycles. The summed E-state index contributed by atoms with van der Waals surface area (Å²) in [6.07, 6.45) is 4.23. The third-order valence-corrected chi connectivity index (χ3v) is 4.61. The highest BCUT2D eigenvalue weighted by Crippen LogP contribution is 2.53. The molecule has 1 aliphatic heterocycles. The molecule has 4 heteroatoms. The van der Waals surface area contributed by atoms with Gasteiger partial charge < -0.3 is 14.0 Å². The van der Waals surface area contributed by atoms with Crippen molar-refractivity contribution in [2.45, 2.75) is 38.9 Å². The lowest BCUT2D eigenvalue weighted by molar-refractivity contribution is -0.243. The molecule has 1 saturated heterocycles. The van der Waals surface area contributed by atoms with E-state index in [9.17, 15) is 4.79 Å². The summed E-state index contributed by atoms with van der Waals surface area (Å²) in [6, 6.07) is 3.65. The number of hydrogen-bond donors (Lipinski definition) is 0. The summed E-state index contributed by atoms with van der Waals surface area (Å²) in [5.41, 5.74) is 0.530. The third-order valence-electron chi connectivity index (χ3n) is 4.61. The second kappa shape index (κ2) is 4.37. The fraction of sp³-hybridized carbons (Fsp3) is 0.667. The Hall–Kier alpha value is -1.29. The van der Waals surface area contributed by atoms with E-state index in [0.717, 1.165) is 19.4 Å². The molecule has 0 amide bonds. The van der Waals surface area contributed by atoms with E-state index in [2.05, 4.69) is 13.8 Å². The van der Waals surface area contributed by atoms with Gasteiger partial charge in [-0.1, -0.05) is 13.8 Å². The molecule has 104 valence electrons. The van der Waals surface area contributed by atoms with Crippen molar-refractivity contribution in [3.8, 4) is 0 Å². The van der Waals surface area contributed by atoms with E-state index in [1.807, 2.05) is 19.3 Å². The number of ether oxygens (including phenoxy) is 2. The average Bonchev–Trinajstić information content (AvgIpc) is 2.82. The molecule has 1 aromatic heterocycles. The molecule has 3 unspecified atom stereocenters. The van der Waals surface area contributed by atoms with Crippen molar-refractivity contribution < 1.29 is 14.3 Å². The molecule has 2 fully saturated rings. The quantitative estimate of drug-likeness (QED) is 0.769. The Morgan fingerprint density at radius 1 is 1.53 bits per heavy atom. The zero-order valence-corrected chi connectivity index (χ0v) is 11.8. The van der Waals surface area contributed by atoms with E-state index >= 15 is 0 Å². The first-order valence-corrected chi connectivity index (χ1v) is 6.95. The zero-order chi connectivity index (χ0) is 13.6. The van der Waals surface area contributed by atoms with E-state index in [4.69, 9.17) is 9.47 Å². The molecule has 1 aromatic rings. The normalized spacial score (nSPS) is 32.3. The number of esters is 1. The lowest BCUT2D eigenvalue weighted by Crippen LogP contribution is -2.65. The van der Waals surface area contributed by atoms with E-state index in [1.54, 1.807) is 10.6 Å². The van der Waals surface area contributed by atoms with Crippen molar-refractivity contribution in [1.82, 2.24) is 4.57 Å². The van der Waals surface area contributed by atoms with Crippen LogP contribution in [-0.2, 0) is 16.5 Å². The van der Waals surface area contributed by atoms with E-state index in [-0.39, 0.29) is 23.6 Å². The molecule has 4 nitrogen and oxygen atoms in total. The fourth-order valence-corrected chi connectivity index (χ4v) is 3.56. The first kappa shape index (κ1) is 12.7. The van der Waals surface area contributed by atoms with Gasteiger partial charge in [0.1, 0.15) is 11.8 Å². The molecule has 0 N–H and O–H groups in total. The summed E-state index contributed by atoms with van der Waals surface area (Å²) < 4.78 is 13.4. The molecule has 3 atom stereocenters. The monoisotopic (exact) mass is 263 g/mol. The van der Waals surface area contributed by atoms with Crippen LogP contribution in [0.25, 0.3) is 0 Å². The van der Waals surface area contributed by atoms with Crippen LogP contribution in [0.3, 0.4) is 0 Å². The number of carbonyl (C=O) groups is 1. The summed E-state index contributed by atoms with van der Waals surface area (Å²) in [5, 5.41) is 0. The Balaban J connectivity index is 1.73. The lowest BCUT2D eigenvalue weighted by atomic mass is 9.57. The lowest BCUT2D eigenvalue weighted by Gasteiger charge is -2.58. The summed E-state index contributed by atoms with van der Waals surface area (Å²) in [7, 11) is 1.86. The van der Waals surface area contributed by atoms with Gasteiger partial charge >= 0.3 is 5.97 Å². The Morgan fingerprint density at radius 2 is 2.32 bits per heavy atom. The zero-order valence-electron chi connectivity index (χ0n) is 11.8. The molecule has 0 radical (unpaired) electrons. The Bertz CT molecular complexity index is 491. The van der Waals surface area contributed by atoms with Gasteiger partial charge in [0.25, 0.3) is 0 Å². The fourth-order valence-electron chi connectivity index (χ4n) is 3.56. The molecule has 2 heterocycles. The number of fused-ring (bicyclic) bond motifs is 1. The van der Waals surface area contributed by atoms with Crippen LogP contribution >= 0.6 is 0 Å². The van der Waals surface area contributed by atoms with Crippen molar-refractivity contribution >= 4 is 5.97 Å². The smallest absolute Gasteiger partial charge is 0.355 e. The molecule has 0 bridgehead atoms. The highest BCUT2D eigenvalue weighted by molar-refractivity contribution is 5.88. The summed E-state index contributed by atoms with van der Waals surface area (Å²) in [6.45, 7) is 5.09. The molecule has 19 heavy (non-hydrogen) atoms. The van der Waals surface area contributed by atoms with Gasteiger partial charge in [-0.3, -0.25) is 0 Å². The van der Waals surface area contributed by atoms with Gasteiger partial charge in [0.05, 0.1) is 6.10 Å². The first-order valence-electron chi connectivity index (χ1n) is 6.95. The van der Waals surface area contributed by atoms with Gasteiger partial charge in [-0.2, -0.15) is 0 Å².